The summed E-state index contributed by atoms with van der Waals surface area (Å²) in [5.74, 6) is 0.240. The Balaban J connectivity index is 1.91. The normalized spacial score (nSPS) is 11.4. The molecule has 144 valence electrons. The molecule has 0 N–H and O–H groups in total. The van der Waals surface area contributed by atoms with E-state index in [0.29, 0.717) is 28.4 Å². The summed E-state index contributed by atoms with van der Waals surface area (Å²) in [7, 11) is 0. The second kappa shape index (κ2) is 11.1. The zero-order valence-electron chi connectivity index (χ0n) is 16.2. The molecule has 0 aliphatic heterocycles. The molecule has 0 fully saturated rings. The van der Waals surface area contributed by atoms with E-state index < -0.39 is 0 Å². The van der Waals surface area contributed by atoms with Gasteiger partial charge < -0.3 is 9.94 Å². The van der Waals surface area contributed by atoms with Gasteiger partial charge in [0.25, 0.3) is 0 Å². The molecule has 2 aromatic carbocycles. The summed E-state index contributed by atoms with van der Waals surface area (Å²) in [5.41, 5.74) is 2.19. The van der Waals surface area contributed by atoms with Crippen LogP contribution in [-0.2, 0) is 11.2 Å². The van der Waals surface area contributed by atoms with Crippen molar-refractivity contribution in [1.29, 1.82) is 0 Å². The van der Waals surface area contributed by atoms with Crippen molar-refractivity contribution in [2.75, 3.05) is 0 Å². The third-order valence-corrected chi connectivity index (χ3v) is 4.21. The predicted molar refractivity (Wildman–Crippen MR) is 107 cm³/mol. The van der Waals surface area contributed by atoms with Crippen LogP contribution < -0.4 is 4.74 Å². The van der Waals surface area contributed by atoms with Crippen LogP contribution in [0.5, 0.6) is 5.75 Å². The number of carbonyl (C=O) groups is 1. The van der Waals surface area contributed by atoms with Gasteiger partial charge >= 0.3 is 5.97 Å². The molecule has 0 aliphatic carbocycles. The van der Waals surface area contributed by atoms with Crippen LogP contribution >= 0.6 is 0 Å². The second-order valence-electron chi connectivity index (χ2n) is 6.57. The lowest BCUT2D eigenvalue weighted by atomic mass is 10.1. The van der Waals surface area contributed by atoms with Crippen LogP contribution in [0.25, 0.3) is 0 Å². The number of aryl methyl sites for hydroxylation is 1. The SMILES string of the molecule is CCCCCCC(=O)Oc1ccc(N=[N+]([O-])c2ccc(CCC)cc2)cc1. The largest absolute Gasteiger partial charge is 0.594 e. The first kappa shape index (κ1) is 20.6. The van der Waals surface area contributed by atoms with Crippen LogP contribution in [-0.4, -0.2) is 10.8 Å². The lowest BCUT2D eigenvalue weighted by Gasteiger charge is -2.04. The molecule has 0 bridgehead atoms. The van der Waals surface area contributed by atoms with E-state index in [-0.39, 0.29) is 5.97 Å². The fourth-order valence-electron chi connectivity index (χ4n) is 2.70. The molecule has 0 unspecified atom stereocenters. The van der Waals surface area contributed by atoms with Crippen LogP contribution in [0.1, 0.15) is 57.9 Å². The van der Waals surface area contributed by atoms with E-state index >= 15 is 0 Å². The average molecular weight is 368 g/mol. The van der Waals surface area contributed by atoms with Crippen LogP contribution in [0.2, 0.25) is 0 Å². The quantitative estimate of drug-likeness (QED) is 0.121. The first-order valence-electron chi connectivity index (χ1n) is 9.71. The van der Waals surface area contributed by atoms with Gasteiger partial charge in [-0.15, -0.1) is 0 Å². The fraction of sp³-hybridized carbons (Fsp3) is 0.409. The number of benzene rings is 2. The Hall–Kier alpha value is -2.69. The lowest BCUT2D eigenvalue weighted by Crippen LogP contribution is -2.07. The van der Waals surface area contributed by atoms with Crippen molar-refractivity contribution in [3.63, 3.8) is 0 Å². The molecule has 5 heteroatoms. The molecule has 0 aromatic heterocycles. The van der Waals surface area contributed by atoms with Crippen LogP contribution in [0.3, 0.4) is 0 Å². The van der Waals surface area contributed by atoms with Crippen LogP contribution in [0, 0.1) is 5.21 Å². The van der Waals surface area contributed by atoms with Gasteiger partial charge in [0.2, 0.25) is 5.69 Å². The third-order valence-electron chi connectivity index (χ3n) is 4.21. The molecular weight excluding hydrogens is 340 g/mol. The van der Waals surface area contributed by atoms with E-state index in [1.165, 1.54) is 5.56 Å². The van der Waals surface area contributed by atoms with Crippen LogP contribution in [0.15, 0.2) is 53.6 Å². The van der Waals surface area contributed by atoms with Gasteiger partial charge in [-0.1, -0.05) is 56.5 Å². The number of hydrogen-bond donors (Lipinski definition) is 0. The maximum absolute atomic E-state index is 12.2. The molecule has 0 saturated heterocycles. The summed E-state index contributed by atoms with van der Waals surface area (Å²) >= 11 is 0. The Bertz CT molecular complexity index is 737. The Morgan fingerprint density at radius 3 is 2.30 bits per heavy atom. The third kappa shape index (κ3) is 7.21. The number of ether oxygens (including phenoxy) is 1. The number of azo groups is 1. The van der Waals surface area contributed by atoms with Crippen molar-refractivity contribution >= 4 is 17.3 Å². The molecule has 0 aliphatic rings. The highest BCUT2D eigenvalue weighted by Gasteiger charge is 2.07. The minimum atomic E-state index is -0.228. The first-order valence-corrected chi connectivity index (χ1v) is 9.71. The molecule has 5 nitrogen and oxygen atoms in total. The molecule has 2 aromatic rings. The van der Waals surface area contributed by atoms with Gasteiger partial charge in [-0.3, -0.25) is 4.79 Å². The van der Waals surface area contributed by atoms with E-state index in [4.69, 9.17) is 4.74 Å². The zero-order valence-corrected chi connectivity index (χ0v) is 16.2. The molecule has 0 heterocycles. The van der Waals surface area contributed by atoms with Crippen molar-refractivity contribution in [3.8, 4) is 5.75 Å². The van der Waals surface area contributed by atoms with Crippen molar-refractivity contribution in [1.82, 2.24) is 0 Å². The standard InChI is InChI=1S/C22H28N2O3/c1-3-5-6-7-9-22(25)27-21-16-12-19(13-17-21)23-24(26)20-14-10-18(8-4-2)11-15-20/h10-17H,3-9H2,1-2H3. The summed E-state index contributed by atoms with van der Waals surface area (Å²) in [5, 5.41) is 16.2. The highest BCUT2D eigenvalue weighted by molar-refractivity contribution is 5.72. The van der Waals surface area contributed by atoms with Gasteiger partial charge in [-0.05, 0) is 42.7 Å². The Morgan fingerprint density at radius 1 is 0.963 bits per heavy atom. The van der Waals surface area contributed by atoms with Gasteiger partial charge in [0.1, 0.15) is 11.4 Å². The number of unbranched alkanes of at least 4 members (excludes halogenated alkanes) is 3. The lowest BCUT2D eigenvalue weighted by molar-refractivity contribution is -0.435. The summed E-state index contributed by atoms with van der Waals surface area (Å²) in [6.07, 6.45) is 6.66. The van der Waals surface area contributed by atoms with Crippen molar-refractivity contribution in [2.24, 2.45) is 5.11 Å². The number of carbonyl (C=O) groups excluding carboxylic acids is 1. The average Bonchev–Trinajstić information content (AvgIpc) is 2.67. The minimum absolute atomic E-state index is 0.228. The predicted octanol–water partition coefficient (Wildman–Crippen LogP) is 6.44. The molecule has 27 heavy (non-hydrogen) atoms. The summed E-state index contributed by atoms with van der Waals surface area (Å²) in [6, 6.07) is 14.1. The maximum Gasteiger partial charge on any atom is 0.311 e. The number of esters is 1. The smallest absolute Gasteiger partial charge is 0.311 e. The molecule has 2 rings (SSSR count). The zero-order chi connectivity index (χ0) is 19.5. The Labute approximate surface area is 161 Å². The Kier molecular flexibility index (Phi) is 8.49. The van der Waals surface area contributed by atoms with Gasteiger partial charge in [0.05, 0.1) is 0 Å². The topological polar surface area (TPSA) is 64.7 Å². The van der Waals surface area contributed by atoms with Crippen molar-refractivity contribution < 1.29 is 14.4 Å². The van der Waals surface area contributed by atoms with Crippen molar-refractivity contribution in [3.05, 3.63) is 59.3 Å². The number of hydrogen-bond acceptors (Lipinski definition) is 4. The van der Waals surface area contributed by atoms with E-state index in [1.54, 1.807) is 36.4 Å². The highest BCUT2D eigenvalue weighted by atomic mass is 16.5. The van der Waals surface area contributed by atoms with Gasteiger partial charge in [0.15, 0.2) is 0 Å². The van der Waals surface area contributed by atoms with E-state index in [9.17, 15) is 10.0 Å². The molecule has 0 spiro atoms. The van der Waals surface area contributed by atoms with Crippen LogP contribution in [0.4, 0.5) is 11.4 Å². The van der Waals surface area contributed by atoms with Crippen molar-refractivity contribution in [2.45, 2.75) is 58.8 Å². The molecular formula is C22H28N2O3. The summed E-state index contributed by atoms with van der Waals surface area (Å²) in [4.78, 5) is 12.4. The molecule has 0 atom stereocenters. The fourth-order valence-corrected chi connectivity index (χ4v) is 2.70. The number of rotatable bonds is 10. The molecule has 0 saturated carbocycles. The molecule has 0 radical (unpaired) electrons. The summed E-state index contributed by atoms with van der Waals surface area (Å²) < 4.78 is 5.30. The monoisotopic (exact) mass is 368 g/mol. The van der Waals surface area contributed by atoms with E-state index in [2.05, 4.69) is 19.0 Å². The van der Waals surface area contributed by atoms with Gasteiger partial charge in [0, 0.05) is 23.7 Å². The second-order valence-corrected chi connectivity index (χ2v) is 6.57. The van der Waals surface area contributed by atoms with E-state index in [0.717, 1.165) is 38.5 Å². The Morgan fingerprint density at radius 2 is 1.67 bits per heavy atom. The first-order chi connectivity index (χ1) is 13.1. The highest BCUT2D eigenvalue weighted by Crippen LogP contribution is 2.22. The van der Waals surface area contributed by atoms with E-state index in [1.807, 2.05) is 12.1 Å². The molecule has 0 amide bonds. The number of nitrogens with zero attached hydrogens (tertiary/aromatic N) is 2. The van der Waals surface area contributed by atoms with Gasteiger partial charge in [-0.2, -0.15) is 0 Å². The minimum Gasteiger partial charge on any atom is -0.594 e. The van der Waals surface area contributed by atoms with Gasteiger partial charge in [-0.25, -0.2) is 0 Å². The maximum atomic E-state index is 12.2. The summed E-state index contributed by atoms with van der Waals surface area (Å²) in [6.45, 7) is 4.26.